The highest BCUT2D eigenvalue weighted by Gasteiger charge is 2.31. The zero-order valence-electron chi connectivity index (χ0n) is 8.66. The molecule has 1 amide bonds. The molecule has 0 spiro atoms. The lowest BCUT2D eigenvalue weighted by atomic mass is 10.1. The predicted molar refractivity (Wildman–Crippen MR) is 61.4 cm³/mol. The minimum absolute atomic E-state index is 0.101. The summed E-state index contributed by atoms with van der Waals surface area (Å²) in [6.07, 6.45) is 0.951. The molecule has 5 nitrogen and oxygen atoms in total. The Hall–Kier alpha value is -1.14. The molecule has 0 radical (unpaired) electrons. The second-order valence-corrected chi connectivity index (χ2v) is 4.63. The van der Waals surface area contributed by atoms with Crippen LogP contribution in [0.4, 0.5) is 0 Å². The van der Waals surface area contributed by atoms with Crippen LogP contribution in [0.25, 0.3) is 0 Å². The van der Waals surface area contributed by atoms with Crippen molar-refractivity contribution < 1.29 is 9.90 Å². The van der Waals surface area contributed by atoms with Gasteiger partial charge < -0.3 is 15.0 Å². The predicted octanol–water partition coefficient (Wildman–Crippen LogP) is 0.263. The van der Waals surface area contributed by atoms with Crippen LogP contribution in [0.3, 0.4) is 0 Å². The number of pyridine rings is 1. The Morgan fingerprint density at radius 2 is 2.25 bits per heavy atom. The Bertz CT molecular complexity index is 491. The summed E-state index contributed by atoms with van der Waals surface area (Å²) in [4.78, 5) is 27.9. The summed E-state index contributed by atoms with van der Waals surface area (Å²) < 4.78 is 0.374. The first-order chi connectivity index (χ1) is 7.50. The molecule has 2 heterocycles. The minimum atomic E-state index is -0.461. The van der Waals surface area contributed by atoms with Gasteiger partial charge >= 0.3 is 0 Å². The third kappa shape index (κ3) is 1.78. The van der Waals surface area contributed by atoms with Crippen LogP contribution in [0.15, 0.2) is 15.5 Å². The number of H-pyrrole nitrogens is 1. The molecule has 0 aromatic carbocycles. The van der Waals surface area contributed by atoms with E-state index >= 15 is 0 Å². The molecule has 1 aromatic heterocycles. The van der Waals surface area contributed by atoms with Crippen LogP contribution in [0, 0.1) is 6.92 Å². The number of nitrogens with one attached hydrogen (secondary N) is 1. The van der Waals surface area contributed by atoms with Gasteiger partial charge in [0, 0.05) is 25.0 Å². The van der Waals surface area contributed by atoms with E-state index in [4.69, 9.17) is 5.11 Å². The summed E-state index contributed by atoms with van der Waals surface area (Å²) in [5.74, 6) is -0.341. The number of rotatable bonds is 1. The minimum Gasteiger partial charge on any atom is -0.389 e. The highest BCUT2D eigenvalue weighted by atomic mass is 79.9. The summed E-state index contributed by atoms with van der Waals surface area (Å²) in [6.45, 7) is 2.33. The number of aromatic nitrogens is 1. The van der Waals surface area contributed by atoms with Crippen molar-refractivity contribution in [3.05, 3.63) is 32.2 Å². The van der Waals surface area contributed by atoms with Crippen molar-refractivity contribution in [1.82, 2.24) is 9.88 Å². The zero-order chi connectivity index (χ0) is 11.9. The molecule has 6 heteroatoms. The molecule has 86 valence electrons. The van der Waals surface area contributed by atoms with Crippen LogP contribution in [-0.4, -0.2) is 40.1 Å². The van der Waals surface area contributed by atoms with Gasteiger partial charge in [-0.15, -0.1) is 0 Å². The Balaban J connectivity index is 2.31. The number of carbonyl (C=O) groups is 1. The summed E-state index contributed by atoms with van der Waals surface area (Å²) in [7, 11) is 0. The maximum Gasteiger partial charge on any atom is 0.259 e. The topological polar surface area (TPSA) is 73.4 Å². The quantitative estimate of drug-likeness (QED) is 0.778. The van der Waals surface area contributed by atoms with Crippen LogP contribution in [0.5, 0.6) is 0 Å². The van der Waals surface area contributed by atoms with Crippen molar-refractivity contribution in [2.24, 2.45) is 0 Å². The molecule has 1 saturated heterocycles. The first kappa shape index (κ1) is 11.3. The van der Waals surface area contributed by atoms with Gasteiger partial charge in [0.1, 0.15) is 5.56 Å². The van der Waals surface area contributed by atoms with E-state index in [1.807, 2.05) is 0 Å². The molecule has 0 atom stereocenters. The van der Waals surface area contributed by atoms with Crippen molar-refractivity contribution in [3.8, 4) is 0 Å². The molecule has 16 heavy (non-hydrogen) atoms. The number of aromatic amines is 1. The molecule has 0 saturated carbocycles. The summed E-state index contributed by atoms with van der Waals surface area (Å²) in [5, 5.41) is 9.09. The van der Waals surface area contributed by atoms with Gasteiger partial charge in [0.15, 0.2) is 0 Å². The molecular formula is C10H11BrN2O3. The van der Waals surface area contributed by atoms with E-state index in [-0.39, 0.29) is 16.9 Å². The maximum absolute atomic E-state index is 11.8. The first-order valence-electron chi connectivity index (χ1n) is 4.86. The molecule has 0 unspecified atom stereocenters. The molecular weight excluding hydrogens is 276 g/mol. The van der Waals surface area contributed by atoms with Gasteiger partial charge in [-0.2, -0.15) is 0 Å². The second-order valence-electron chi connectivity index (χ2n) is 3.83. The number of hydrogen-bond acceptors (Lipinski definition) is 3. The van der Waals surface area contributed by atoms with Gasteiger partial charge in [0.2, 0.25) is 5.43 Å². The SMILES string of the molecule is Cc1[nH]cc(C(=O)N2CC(O)C2)c(=O)c1Br. The van der Waals surface area contributed by atoms with Gasteiger partial charge in [-0.05, 0) is 22.9 Å². The summed E-state index contributed by atoms with van der Waals surface area (Å²) >= 11 is 3.14. The van der Waals surface area contributed by atoms with E-state index in [0.29, 0.717) is 23.3 Å². The van der Waals surface area contributed by atoms with Crippen molar-refractivity contribution in [2.45, 2.75) is 13.0 Å². The number of halogens is 1. The van der Waals surface area contributed by atoms with Crippen LogP contribution < -0.4 is 5.43 Å². The van der Waals surface area contributed by atoms with Gasteiger partial charge in [0.25, 0.3) is 5.91 Å². The molecule has 0 aliphatic carbocycles. The maximum atomic E-state index is 11.8. The number of aliphatic hydroxyl groups is 1. The molecule has 1 aliphatic rings. The average Bonchev–Trinajstić information content (AvgIpc) is 2.21. The van der Waals surface area contributed by atoms with Gasteiger partial charge in [-0.1, -0.05) is 0 Å². The Morgan fingerprint density at radius 3 is 2.81 bits per heavy atom. The van der Waals surface area contributed by atoms with Gasteiger partial charge in [-0.3, -0.25) is 9.59 Å². The number of hydrogen-bond donors (Lipinski definition) is 2. The Kier molecular flexibility index (Phi) is 2.86. The number of aliphatic hydroxyl groups excluding tert-OH is 1. The van der Waals surface area contributed by atoms with Crippen molar-refractivity contribution in [3.63, 3.8) is 0 Å². The zero-order valence-corrected chi connectivity index (χ0v) is 10.2. The lowest BCUT2D eigenvalue weighted by Crippen LogP contribution is -2.54. The fourth-order valence-electron chi connectivity index (χ4n) is 1.55. The third-order valence-electron chi connectivity index (χ3n) is 2.59. The molecule has 1 fully saturated rings. The fraction of sp³-hybridized carbons (Fsp3) is 0.400. The summed E-state index contributed by atoms with van der Waals surface area (Å²) in [5.41, 5.74) is 0.470. The van der Waals surface area contributed by atoms with Crippen molar-refractivity contribution in [2.75, 3.05) is 13.1 Å². The smallest absolute Gasteiger partial charge is 0.259 e. The lowest BCUT2D eigenvalue weighted by Gasteiger charge is -2.35. The van der Waals surface area contributed by atoms with Crippen LogP contribution in [0.1, 0.15) is 16.1 Å². The number of nitrogens with zero attached hydrogens (tertiary/aromatic N) is 1. The van der Waals surface area contributed by atoms with Crippen molar-refractivity contribution in [1.29, 1.82) is 0 Å². The Labute approximate surface area is 100 Å². The van der Waals surface area contributed by atoms with E-state index in [1.165, 1.54) is 11.1 Å². The molecule has 1 aromatic rings. The molecule has 0 bridgehead atoms. The van der Waals surface area contributed by atoms with Gasteiger partial charge in [0.05, 0.1) is 10.6 Å². The van der Waals surface area contributed by atoms with Crippen LogP contribution >= 0.6 is 15.9 Å². The molecule has 2 N–H and O–H groups in total. The number of amides is 1. The van der Waals surface area contributed by atoms with Crippen LogP contribution in [-0.2, 0) is 0 Å². The standard InChI is InChI=1S/C10H11BrN2O3/c1-5-8(11)9(15)7(2-12-5)10(16)13-3-6(14)4-13/h2,6,14H,3-4H2,1H3,(H,12,15). The normalized spacial score (nSPS) is 16.1. The fourth-order valence-corrected chi connectivity index (χ4v) is 1.88. The molecule has 2 rings (SSSR count). The Morgan fingerprint density at radius 1 is 1.62 bits per heavy atom. The number of aryl methyl sites for hydroxylation is 1. The second kappa shape index (κ2) is 4.03. The van der Waals surface area contributed by atoms with E-state index in [1.54, 1.807) is 6.92 Å². The highest BCUT2D eigenvalue weighted by molar-refractivity contribution is 9.10. The number of likely N-dealkylation sites (tertiary alicyclic amines) is 1. The molecule has 1 aliphatic heterocycles. The van der Waals surface area contributed by atoms with E-state index in [9.17, 15) is 9.59 Å². The third-order valence-corrected chi connectivity index (χ3v) is 3.54. The number of carbonyl (C=O) groups excluding carboxylic acids is 1. The highest BCUT2D eigenvalue weighted by Crippen LogP contribution is 2.13. The van der Waals surface area contributed by atoms with Gasteiger partial charge in [-0.25, -0.2) is 0 Å². The van der Waals surface area contributed by atoms with E-state index in [0.717, 1.165) is 0 Å². The first-order valence-corrected chi connectivity index (χ1v) is 5.65. The largest absolute Gasteiger partial charge is 0.389 e. The summed E-state index contributed by atoms with van der Waals surface area (Å²) in [6, 6.07) is 0. The number of β-amino-alcohol motifs (C(OH)–C–C–N with tert-alkyl or cyclic N) is 1. The van der Waals surface area contributed by atoms with E-state index in [2.05, 4.69) is 20.9 Å². The monoisotopic (exact) mass is 286 g/mol. The lowest BCUT2D eigenvalue weighted by molar-refractivity contribution is 0.00577. The van der Waals surface area contributed by atoms with E-state index < -0.39 is 6.10 Å². The van der Waals surface area contributed by atoms with Crippen molar-refractivity contribution >= 4 is 21.8 Å². The van der Waals surface area contributed by atoms with Crippen LogP contribution in [0.2, 0.25) is 0 Å². The average molecular weight is 287 g/mol.